The summed E-state index contributed by atoms with van der Waals surface area (Å²) in [6.07, 6.45) is 1.37. The molecule has 0 amide bonds. The van der Waals surface area contributed by atoms with Crippen molar-refractivity contribution in [3.05, 3.63) is 28.0 Å². The lowest BCUT2D eigenvalue weighted by Gasteiger charge is -1.98. The molecule has 0 saturated carbocycles. The van der Waals surface area contributed by atoms with Crippen LogP contribution in [0.1, 0.15) is 5.69 Å². The molecular weight excluding hydrogens is 205 g/mol. The Hall–Kier alpha value is -0.380. The van der Waals surface area contributed by atoms with Crippen molar-refractivity contribution in [2.75, 3.05) is 0 Å². The average Bonchev–Trinajstić information content (AvgIpc) is 1.85. The summed E-state index contributed by atoms with van der Waals surface area (Å²) in [5.41, 5.74) is 0.186. The molecule has 1 N–H and O–H groups in total. The van der Waals surface area contributed by atoms with Crippen molar-refractivity contribution in [3.63, 3.8) is 0 Å². The van der Waals surface area contributed by atoms with E-state index in [1.165, 1.54) is 12.3 Å². The van der Waals surface area contributed by atoms with Gasteiger partial charge in [0.25, 0.3) is 0 Å². The van der Waals surface area contributed by atoms with E-state index in [1.54, 1.807) is 0 Å². The number of pyridine rings is 1. The Morgan fingerprint density at radius 1 is 1.55 bits per heavy atom. The maximum atomic E-state index is 8.84. The lowest BCUT2D eigenvalue weighted by molar-refractivity contribution is 0.568. The predicted octanol–water partition coefficient (Wildman–Crippen LogP) is 2.62. The van der Waals surface area contributed by atoms with Crippen LogP contribution >= 0.6 is 35.4 Å². The second-order valence-corrected chi connectivity index (χ2v) is 3.02. The van der Waals surface area contributed by atoms with Gasteiger partial charge in [0.2, 0.25) is 5.05 Å². The minimum absolute atomic E-state index is 0.186. The van der Waals surface area contributed by atoms with Gasteiger partial charge in [-0.25, -0.2) is 4.98 Å². The van der Waals surface area contributed by atoms with Gasteiger partial charge in [0.1, 0.15) is 5.69 Å². The Morgan fingerprint density at radius 2 is 2.18 bits per heavy atom. The summed E-state index contributed by atoms with van der Waals surface area (Å²) in [6, 6.07) is 1.47. The molecule has 0 fully saturated rings. The zero-order valence-corrected chi connectivity index (χ0v) is 7.54. The summed E-state index contributed by atoms with van der Waals surface area (Å²) in [4.78, 5) is 3.72. The molecule has 0 atom stereocenters. The minimum Gasteiger partial charge on any atom is -0.497 e. The van der Waals surface area contributed by atoms with E-state index in [-0.39, 0.29) is 15.8 Å². The first kappa shape index (κ1) is 8.71. The van der Waals surface area contributed by atoms with Crippen LogP contribution in [0.25, 0.3) is 0 Å². The molecule has 11 heavy (non-hydrogen) atoms. The van der Waals surface area contributed by atoms with Gasteiger partial charge in [0.05, 0.1) is 10.0 Å². The molecule has 0 aliphatic heterocycles. The summed E-state index contributed by atoms with van der Waals surface area (Å²) in [6.45, 7) is 0. The maximum Gasteiger partial charge on any atom is 0.209 e. The predicted molar refractivity (Wildman–Crippen MR) is 48.6 cm³/mol. The Morgan fingerprint density at radius 3 is 2.64 bits per heavy atom. The Labute approximate surface area is 78.8 Å². The summed E-state index contributed by atoms with van der Waals surface area (Å²) in [7, 11) is 0. The van der Waals surface area contributed by atoms with Gasteiger partial charge in [0.15, 0.2) is 0 Å². The number of thiocarbonyl (C=S) groups is 1. The molecular formula is C6H3Cl2NOS. The van der Waals surface area contributed by atoms with E-state index in [1.807, 2.05) is 0 Å². The van der Waals surface area contributed by atoms with Crippen LogP contribution in [-0.2, 0) is 0 Å². The third kappa shape index (κ3) is 2.02. The fourth-order valence-electron chi connectivity index (χ4n) is 0.572. The smallest absolute Gasteiger partial charge is 0.209 e. The van der Waals surface area contributed by atoms with E-state index >= 15 is 0 Å². The zero-order valence-electron chi connectivity index (χ0n) is 5.21. The standard InChI is InChI=1S/C6H3Cl2NOS/c7-3-1-4(8)5(6(10)11)9-2-3/h1-2H,(H,10,11). The molecule has 0 aliphatic rings. The van der Waals surface area contributed by atoms with Crippen LogP contribution in [0.15, 0.2) is 12.3 Å². The van der Waals surface area contributed by atoms with Gasteiger partial charge in [0, 0.05) is 6.20 Å². The highest BCUT2D eigenvalue weighted by atomic mass is 35.5. The van der Waals surface area contributed by atoms with E-state index in [0.717, 1.165) is 0 Å². The maximum absolute atomic E-state index is 8.84. The minimum atomic E-state index is -0.327. The largest absolute Gasteiger partial charge is 0.497 e. The first-order valence-electron chi connectivity index (χ1n) is 2.65. The SMILES string of the molecule is OC(=S)c1ncc(Cl)cc1Cl. The lowest BCUT2D eigenvalue weighted by Crippen LogP contribution is -1.98. The highest BCUT2D eigenvalue weighted by molar-refractivity contribution is 7.80. The summed E-state index contributed by atoms with van der Waals surface area (Å²) in [5.74, 6) is 0. The van der Waals surface area contributed by atoms with E-state index in [2.05, 4.69) is 17.2 Å². The number of nitrogens with zero attached hydrogens (tertiary/aromatic N) is 1. The van der Waals surface area contributed by atoms with Gasteiger partial charge in [-0.05, 0) is 18.3 Å². The molecule has 0 bridgehead atoms. The van der Waals surface area contributed by atoms with Crippen LogP contribution in [0.3, 0.4) is 0 Å². The molecule has 0 saturated heterocycles. The highest BCUT2D eigenvalue weighted by Gasteiger charge is 2.05. The summed E-state index contributed by atoms with van der Waals surface area (Å²) >= 11 is 15.6. The molecule has 0 radical (unpaired) electrons. The van der Waals surface area contributed by atoms with Crippen LogP contribution in [-0.4, -0.2) is 15.1 Å². The third-order valence-corrected chi connectivity index (χ3v) is 1.70. The number of aliphatic hydroxyl groups excluding tert-OH is 1. The van der Waals surface area contributed by atoms with Crippen LogP contribution in [0.5, 0.6) is 0 Å². The van der Waals surface area contributed by atoms with Gasteiger partial charge in [-0.1, -0.05) is 23.2 Å². The Bertz CT molecular complexity index is 303. The summed E-state index contributed by atoms with van der Waals surface area (Å²) in [5, 5.41) is 9.18. The van der Waals surface area contributed by atoms with Crippen molar-refractivity contribution < 1.29 is 5.11 Å². The number of aromatic nitrogens is 1. The van der Waals surface area contributed by atoms with Crippen LogP contribution in [0, 0.1) is 0 Å². The number of aliphatic hydroxyl groups is 1. The van der Waals surface area contributed by atoms with E-state index < -0.39 is 0 Å². The Balaban J connectivity index is 3.20. The first-order valence-corrected chi connectivity index (χ1v) is 3.82. The monoisotopic (exact) mass is 207 g/mol. The molecule has 5 heteroatoms. The highest BCUT2D eigenvalue weighted by Crippen LogP contribution is 2.18. The fourth-order valence-corrected chi connectivity index (χ4v) is 1.26. The normalized spacial score (nSPS) is 9.64. The van der Waals surface area contributed by atoms with Crippen molar-refractivity contribution in [2.24, 2.45) is 0 Å². The molecule has 2 nitrogen and oxygen atoms in total. The molecule has 0 spiro atoms. The second kappa shape index (κ2) is 3.34. The van der Waals surface area contributed by atoms with Crippen molar-refractivity contribution >= 4 is 40.5 Å². The van der Waals surface area contributed by atoms with E-state index in [9.17, 15) is 0 Å². The van der Waals surface area contributed by atoms with Gasteiger partial charge >= 0.3 is 0 Å². The van der Waals surface area contributed by atoms with Gasteiger partial charge < -0.3 is 5.11 Å². The topological polar surface area (TPSA) is 33.1 Å². The van der Waals surface area contributed by atoms with E-state index in [0.29, 0.717) is 5.02 Å². The average molecular weight is 208 g/mol. The van der Waals surface area contributed by atoms with E-state index in [4.69, 9.17) is 28.3 Å². The number of rotatable bonds is 1. The van der Waals surface area contributed by atoms with Crippen molar-refractivity contribution in [1.29, 1.82) is 0 Å². The van der Waals surface area contributed by atoms with Crippen LogP contribution < -0.4 is 0 Å². The van der Waals surface area contributed by atoms with Crippen molar-refractivity contribution in [2.45, 2.75) is 0 Å². The molecule has 0 aromatic carbocycles. The number of halogens is 2. The molecule has 0 unspecified atom stereocenters. The fraction of sp³-hybridized carbons (Fsp3) is 0. The van der Waals surface area contributed by atoms with Gasteiger partial charge in [-0.2, -0.15) is 0 Å². The quantitative estimate of drug-likeness (QED) is 0.720. The number of hydrogen-bond donors (Lipinski definition) is 1. The molecule has 58 valence electrons. The zero-order chi connectivity index (χ0) is 8.43. The summed E-state index contributed by atoms with van der Waals surface area (Å²) < 4.78 is 0. The van der Waals surface area contributed by atoms with Crippen LogP contribution in [0.2, 0.25) is 10.0 Å². The third-order valence-electron chi connectivity index (χ3n) is 1.01. The van der Waals surface area contributed by atoms with Crippen molar-refractivity contribution in [1.82, 2.24) is 4.98 Å². The molecule has 1 aromatic heterocycles. The molecule has 1 aromatic rings. The number of hydrogen-bond acceptors (Lipinski definition) is 2. The van der Waals surface area contributed by atoms with Gasteiger partial charge in [-0.15, -0.1) is 0 Å². The van der Waals surface area contributed by atoms with Crippen molar-refractivity contribution in [3.8, 4) is 0 Å². The van der Waals surface area contributed by atoms with Crippen LogP contribution in [0.4, 0.5) is 0 Å². The molecule has 1 heterocycles. The Kier molecular flexibility index (Phi) is 2.65. The molecule has 1 rings (SSSR count). The lowest BCUT2D eigenvalue weighted by atomic mass is 10.4. The molecule has 0 aliphatic carbocycles. The van der Waals surface area contributed by atoms with Gasteiger partial charge in [-0.3, -0.25) is 0 Å². The first-order chi connectivity index (χ1) is 5.11. The second-order valence-electron chi connectivity index (χ2n) is 1.79.